The van der Waals surface area contributed by atoms with E-state index in [0.717, 1.165) is 6.26 Å². The maximum atomic E-state index is 12.0. The Kier molecular flexibility index (Phi) is 2.66. The average molecular weight is 268 g/mol. The number of anilines is 2. The molecule has 2 rings (SSSR count). The summed E-state index contributed by atoms with van der Waals surface area (Å²) in [5.41, 5.74) is 0.373. The molecule has 1 heterocycles. The number of carbonyl (C=O) groups excluding carboxylic acids is 1. The molecule has 1 aliphatic heterocycles. The maximum Gasteiger partial charge on any atom is 0.249 e. The van der Waals surface area contributed by atoms with Gasteiger partial charge in [-0.05, 0) is 26.0 Å². The van der Waals surface area contributed by atoms with Crippen LogP contribution >= 0.6 is 0 Å². The number of amides is 1. The summed E-state index contributed by atoms with van der Waals surface area (Å²) >= 11 is 0. The number of para-hydroxylation sites is 1. The van der Waals surface area contributed by atoms with Crippen LogP contribution in [-0.4, -0.2) is 33.2 Å². The number of nitrogens with zero attached hydrogens (tertiary/aromatic N) is 1. The monoisotopic (exact) mass is 268 g/mol. The second-order valence-electron chi connectivity index (χ2n) is 4.99. The van der Waals surface area contributed by atoms with Crippen molar-refractivity contribution >= 4 is 27.1 Å². The Hall–Kier alpha value is -1.56. The largest absolute Gasteiger partial charge is 0.359 e. The van der Waals surface area contributed by atoms with Crippen molar-refractivity contribution < 1.29 is 13.2 Å². The smallest absolute Gasteiger partial charge is 0.249 e. The lowest BCUT2D eigenvalue weighted by Crippen LogP contribution is -2.54. The van der Waals surface area contributed by atoms with Crippen molar-refractivity contribution in [1.82, 2.24) is 0 Å². The first-order valence-corrected chi connectivity index (χ1v) is 7.43. The van der Waals surface area contributed by atoms with E-state index in [1.165, 1.54) is 6.07 Å². The topological polar surface area (TPSA) is 66.5 Å². The van der Waals surface area contributed by atoms with E-state index in [-0.39, 0.29) is 10.8 Å². The molecule has 0 atom stereocenters. The summed E-state index contributed by atoms with van der Waals surface area (Å²) in [5.74, 6) is -0.214. The molecular formula is C12H16N2O3S. The molecule has 0 aliphatic carbocycles. The molecule has 1 aliphatic rings. The quantitative estimate of drug-likeness (QED) is 0.832. The number of hydrogen-bond donors (Lipinski definition) is 1. The van der Waals surface area contributed by atoms with Gasteiger partial charge in [-0.15, -0.1) is 0 Å². The van der Waals surface area contributed by atoms with Gasteiger partial charge in [-0.25, -0.2) is 8.42 Å². The molecule has 0 saturated heterocycles. The Morgan fingerprint density at radius 1 is 1.28 bits per heavy atom. The molecule has 98 valence electrons. The molecule has 0 fully saturated rings. The zero-order valence-electron chi connectivity index (χ0n) is 10.8. The second kappa shape index (κ2) is 3.71. The van der Waals surface area contributed by atoms with Gasteiger partial charge in [0.05, 0.1) is 16.3 Å². The molecule has 0 radical (unpaired) electrons. The number of carbonyl (C=O) groups is 1. The van der Waals surface area contributed by atoms with Crippen molar-refractivity contribution in [1.29, 1.82) is 0 Å². The van der Waals surface area contributed by atoms with E-state index in [9.17, 15) is 13.2 Å². The zero-order valence-corrected chi connectivity index (χ0v) is 11.6. The van der Waals surface area contributed by atoms with E-state index in [0.29, 0.717) is 11.4 Å². The fourth-order valence-electron chi connectivity index (χ4n) is 1.95. The van der Waals surface area contributed by atoms with Crippen LogP contribution in [0.2, 0.25) is 0 Å². The van der Waals surface area contributed by atoms with Gasteiger partial charge < -0.3 is 10.2 Å². The van der Waals surface area contributed by atoms with E-state index in [2.05, 4.69) is 5.32 Å². The van der Waals surface area contributed by atoms with Gasteiger partial charge in [0, 0.05) is 13.3 Å². The van der Waals surface area contributed by atoms with Gasteiger partial charge in [-0.3, -0.25) is 4.79 Å². The molecular weight excluding hydrogens is 252 g/mol. The van der Waals surface area contributed by atoms with E-state index >= 15 is 0 Å². The lowest BCUT2D eigenvalue weighted by molar-refractivity contribution is -0.120. The molecule has 0 aromatic heterocycles. The molecule has 1 aromatic carbocycles. The Morgan fingerprint density at radius 3 is 2.44 bits per heavy atom. The maximum absolute atomic E-state index is 12.0. The third-order valence-electron chi connectivity index (χ3n) is 3.40. The third-order valence-corrected chi connectivity index (χ3v) is 4.54. The number of nitrogens with one attached hydrogen (secondary N) is 1. The minimum Gasteiger partial charge on any atom is -0.359 e. The number of hydrogen-bond acceptors (Lipinski definition) is 4. The van der Waals surface area contributed by atoms with Crippen molar-refractivity contribution in [2.45, 2.75) is 24.3 Å². The summed E-state index contributed by atoms with van der Waals surface area (Å²) in [6.07, 6.45) is 1.13. The van der Waals surface area contributed by atoms with Crippen molar-refractivity contribution in [3.8, 4) is 0 Å². The van der Waals surface area contributed by atoms with Crippen LogP contribution in [-0.2, 0) is 14.6 Å². The van der Waals surface area contributed by atoms with Crippen LogP contribution in [0.1, 0.15) is 13.8 Å². The SMILES string of the molecule is CN1c2cccc(S(C)(=O)=O)c2NC(=O)C1(C)C. The standard InChI is InChI=1S/C12H16N2O3S/c1-12(2)11(15)13-10-8(14(12)3)6-5-7-9(10)18(4,16)17/h5-7H,1-4H3,(H,13,15). The first-order valence-electron chi connectivity index (χ1n) is 5.54. The van der Waals surface area contributed by atoms with Gasteiger partial charge >= 0.3 is 0 Å². The highest BCUT2D eigenvalue weighted by Crippen LogP contribution is 2.39. The van der Waals surface area contributed by atoms with Crippen molar-refractivity contribution in [3.63, 3.8) is 0 Å². The van der Waals surface area contributed by atoms with Crippen LogP contribution in [0.15, 0.2) is 23.1 Å². The molecule has 1 amide bonds. The number of sulfone groups is 1. The Balaban J connectivity index is 2.72. The van der Waals surface area contributed by atoms with Gasteiger partial charge in [0.1, 0.15) is 5.54 Å². The molecule has 1 aromatic rings. The van der Waals surface area contributed by atoms with Crippen molar-refractivity contribution in [2.75, 3.05) is 23.5 Å². The third kappa shape index (κ3) is 1.77. The summed E-state index contributed by atoms with van der Waals surface area (Å²) in [5, 5.41) is 2.70. The average Bonchev–Trinajstić information content (AvgIpc) is 2.25. The first-order chi connectivity index (χ1) is 8.15. The zero-order chi connectivity index (χ0) is 13.7. The van der Waals surface area contributed by atoms with Crippen molar-refractivity contribution in [3.05, 3.63) is 18.2 Å². The molecule has 0 unspecified atom stereocenters. The van der Waals surface area contributed by atoms with Gasteiger partial charge in [0.2, 0.25) is 5.91 Å². The van der Waals surface area contributed by atoms with Crippen LogP contribution in [0, 0.1) is 0 Å². The summed E-state index contributed by atoms with van der Waals surface area (Å²) in [6, 6.07) is 4.98. The minimum absolute atomic E-state index is 0.149. The summed E-state index contributed by atoms with van der Waals surface area (Å²) in [7, 11) is -1.59. The van der Waals surface area contributed by atoms with Crippen LogP contribution in [0.25, 0.3) is 0 Å². The summed E-state index contributed by atoms with van der Waals surface area (Å²) < 4.78 is 23.4. The van der Waals surface area contributed by atoms with Gasteiger partial charge in [-0.2, -0.15) is 0 Å². The second-order valence-corrected chi connectivity index (χ2v) is 6.98. The highest BCUT2D eigenvalue weighted by Gasteiger charge is 2.39. The highest BCUT2D eigenvalue weighted by molar-refractivity contribution is 7.90. The van der Waals surface area contributed by atoms with Crippen LogP contribution < -0.4 is 10.2 Å². The number of rotatable bonds is 1. The Morgan fingerprint density at radius 2 is 1.89 bits per heavy atom. The number of benzene rings is 1. The van der Waals surface area contributed by atoms with E-state index in [4.69, 9.17) is 0 Å². The Labute approximate surface area is 107 Å². The molecule has 5 nitrogen and oxygen atoms in total. The van der Waals surface area contributed by atoms with E-state index in [1.807, 2.05) is 0 Å². The fraction of sp³-hybridized carbons (Fsp3) is 0.417. The Bertz CT molecular complexity index is 620. The summed E-state index contributed by atoms with van der Waals surface area (Å²) in [4.78, 5) is 14.0. The van der Waals surface area contributed by atoms with Gasteiger partial charge in [0.15, 0.2) is 9.84 Å². The van der Waals surface area contributed by atoms with Crippen LogP contribution in [0.3, 0.4) is 0 Å². The molecule has 18 heavy (non-hydrogen) atoms. The fourth-order valence-corrected chi connectivity index (χ4v) is 2.81. The molecule has 1 N–H and O–H groups in total. The van der Waals surface area contributed by atoms with E-state index in [1.54, 1.807) is 37.9 Å². The lowest BCUT2D eigenvalue weighted by Gasteiger charge is -2.41. The molecule has 0 bridgehead atoms. The molecule has 6 heteroatoms. The first kappa shape index (κ1) is 12.9. The minimum atomic E-state index is -3.37. The van der Waals surface area contributed by atoms with Crippen LogP contribution in [0.5, 0.6) is 0 Å². The summed E-state index contributed by atoms with van der Waals surface area (Å²) in [6.45, 7) is 3.58. The predicted molar refractivity (Wildman–Crippen MR) is 70.7 cm³/mol. The highest BCUT2D eigenvalue weighted by atomic mass is 32.2. The lowest BCUT2D eigenvalue weighted by atomic mass is 9.97. The van der Waals surface area contributed by atoms with Gasteiger partial charge in [0.25, 0.3) is 0 Å². The van der Waals surface area contributed by atoms with Crippen LogP contribution in [0.4, 0.5) is 11.4 Å². The number of fused-ring (bicyclic) bond motifs is 1. The predicted octanol–water partition coefficient (Wildman–Crippen LogP) is 1.26. The normalized spacial score (nSPS) is 18.2. The number of likely N-dealkylation sites (N-methyl/N-ethyl adjacent to an activating group) is 1. The van der Waals surface area contributed by atoms with E-state index < -0.39 is 15.4 Å². The molecule has 0 spiro atoms. The molecule has 0 saturated carbocycles. The van der Waals surface area contributed by atoms with Gasteiger partial charge in [-0.1, -0.05) is 6.07 Å². The van der Waals surface area contributed by atoms with Crippen molar-refractivity contribution in [2.24, 2.45) is 0 Å².